The van der Waals surface area contributed by atoms with E-state index in [-0.39, 0.29) is 29.4 Å². The van der Waals surface area contributed by atoms with Gasteiger partial charge in [-0.05, 0) is 47.5 Å². The molecule has 0 radical (unpaired) electrons. The van der Waals surface area contributed by atoms with Crippen molar-refractivity contribution in [2.75, 3.05) is 5.32 Å². The Morgan fingerprint density at radius 3 is 2.40 bits per heavy atom. The maximum absolute atomic E-state index is 14.9. The molecule has 0 spiro atoms. The lowest BCUT2D eigenvalue weighted by Crippen LogP contribution is -2.15. The molecule has 0 unspecified atom stereocenters. The number of ether oxygens (including phenoxy) is 1. The highest BCUT2D eigenvalue weighted by molar-refractivity contribution is 6.34. The Morgan fingerprint density at radius 1 is 1.00 bits per heavy atom. The van der Waals surface area contributed by atoms with Gasteiger partial charge in [0, 0.05) is 10.7 Å². The molecule has 0 aliphatic rings. The number of aliphatic carboxylic acids is 1. The van der Waals surface area contributed by atoms with Crippen molar-refractivity contribution in [3.05, 3.63) is 93.2 Å². The lowest BCUT2D eigenvalue weighted by atomic mass is 10.1. The van der Waals surface area contributed by atoms with Gasteiger partial charge in [0.2, 0.25) is 0 Å². The molecule has 3 aromatic carbocycles. The Balaban J connectivity index is 1.75. The molecule has 154 valence electrons. The number of nitrogens with one attached hydrogen (secondary N) is 1. The van der Waals surface area contributed by atoms with Crippen LogP contribution in [-0.4, -0.2) is 17.0 Å². The topological polar surface area (TPSA) is 75.6 Å². The Hall–Kier alpha value is -3.09. The molecular formula is C22H16Cl2FNO4. The van der Waals surface area contributed by atoms with Crippen LogP contribution in [0.2, 0.25) is 10.0 Å². The lowest BCUT2D eigenvalue weighted by Gasteiger charge is -2.12. The minimum Gasteiger partial charge on any atom is -0.486 e. The molecule has 5 nitrogen and oxygen atoms in total. The number of carboxylic acids is 1. The molecule has 0 saturated carbocycles. The van der Waals surface area contributed by atoms with Crippen molar-refractivity contribution in [3.8, 4) is 5.75 Å². The zero-order chi connectivity index (χ0) is 21.7. The molecular weight excluding hydrogens is 432 g/mol. The molecule has 1 amide bonds. The maximum Gasteiger partial charge on any atom is 0.307 e. The minimum atomic E-state index is -0.963. The molecule has 2 N–H and O–H groups in total. The number of hydrogen-bond acceptors (Lipinski definition) is 3. The van der Waals surface area contributed by atoms with Gasteiger partial charge in [-0.3, -0.25) is 9.59 Å². The fourth-order valence-electron chi connectivity index (χ4n) is 2.71. The molecule has 8 heteroatoms. The summed E-state index contributed by atoms with van der Waals surface area (Å²) in [5, 5.41) is 11.8. The van der Waals surface area contributed by atoms with Gasteiger partial charge in [-0.15, -0.1) is 0 Å². The predicted molar refractivity (Wildman–Crippen MR) is 113 cm³/mol. The fourth-order valence-corrected chi connectivity index (χ4v) is 3.16. The number of benzene rings is 3. The van der Waals surface area contributed by atoms with Crippen LogP contribution in [0.25, 0.3) is 0 Å². The van der Waals surface area contributed by atoms with Gasteiger partial charge in [0.15, 0.2) is 11.6 Å². The van der Waals surface area contributed by atoms with E-state index in [2.05, 4.69) is 5.32 Å². The van der Waals surface area contributed by atoms with Gasteiger partial charge < -0.3 is 15.2 Å². The first kappa shape index (κ1) is 21.6. The molecule has 3 rings (SSSR count). The molecule has 0 aromatic heterocycles. The normalized spacial score (nSPS) is 10.5. The summed E-state index contributed by atoms with van der Waals surface area (Å²) in [5.74, 6) is -2.72. The minimum absolute atomic E-state index is 0.0607. The second kappa shape index (κ2) is 9.61. The number of anilines is 1. The van der Waals surface area contributed by atoms with E-state index in [1.54, 1.807) is 36.4 Å². The second-order valence-electron chi connectivity index (χ2n) is 6.37. The second-order valence-corrected chi connectivity index (χ2v) is 7.22. The summed E-state index contributed by atoms with van der Waals surface area (Å²) in [4.78, 5) is 23.3. The summed E-state index contributed by atoms with van der Waals surface area (Å²) >= 11 is 12.0. The van der Waals surface area contributed by atoms with Crippen LogP contribution < -0.4 is 10.1 Å². The van der Waals surface area contributed by atoms with Crippen LogP contribution in [0.1, 0.15) is 21.5 Å². The van der Waals surface area contributed by atoms with Crippen LogP contribution in [0.5, 0.6) is 5.75 Å². The average molecular weight is 448 g/mol. The summed E-state index contributed by atoms with van der Waals surface area (Å²) < 4.78 is 20.4. The standard InChI is InChI=1S/C22H16Cl2FNO4/c23-15-3-1-2-14(10-15)12-30-18-9-8-17(24)20(21(18)25)22(29)26-16-6-4-13(5-7-16)11-19(27)28/h1-10H,11-12H2,(H,26,29)(H,27,28). The smallest absolute Gasteiger partial charge is 0.307 e. The van der Waals surface area contributed by atoms with Gasteiger partial charge in [0.05, 0.1) is 17.0 Å². The van der Waals surface area contributed by atoms with Crippen LogP contribution in [0.3, 0.4) is 0 Å². The van der Waals surface area contributed by atoms with Gasteiger partial charge in [-0.2, -0.15) is 0 Å². The van der Waals surface area contributed by atoms with E-state index in [9.17, 15) is 14.0 Å². The summed E-state index contributed by atoms with van der Waals surface area (Å²) in [7, 11) is 0. The van der Waals surface area contributed by atoms with E-state index in [1.165, 1.54) is 24.3 Å². The molecule has 0 fully saturated rings. The highest BCUT2D eigenvalue weighted by Crippen LogP contribution is 2.29. The number of rotatable bonds is 7. The van der Waals surface area contributed by atoms with Gasteiger partial charge in [-0.25, -0.2) is 4.39 Å². The van der Waals surface area contributed by atoms with Crippen LogP contribution in [0.15, 0.2) is 60.7 Å². The Kier molecular flexibility index (Phi) is 6.92. The van der Waals surface area contributed by atoms with Gasteiger partial charge in [0.1, 0.15) is 6.61 Å². The first-order valence-corrected chi connectivity index (χ1v) is 9.56. The molecule has 0 aliphatic heterocycles. The van der Waals surface area contributed by atoms with Crippen LogP contribution >= 0.6 is 23.2 Å². The monoisotopic (exact) mass is 447 g/mol. The molecule has 0 bridgehead atoms. The number of carboxylic acid groups (broad SMARTS) is 1. The lowest BCUT2D eigenvalue weighted by molar-refractivity contribution is -0.136. The van der Waals surface area contributed by atoms with Crippen molar-refractivity contribution in [3.63, 3.8) is 0 Å². The molecule has 30 heavy (non-hydrogen) atoms. The van der Waals surface area contributed by atoms with E-state index in [0.29, 0.717) is 16.3 Å². The number of halogens is 3. The molecule has 0 atom stereocenters. The summed E-state index contributed by atoms with van der Waals surface area (Å²) in [6.45, 7) is 0.0607. The summed E-state index contributed by atoms with van der Waals surface area (Å²) in [5.41, 5.74) is 1.33. The first-order chi connectivity index (χ1) is 14.3. The van der Waals surface area contributed by atoms with Crippen molar-refractivity contribution in [2.24, 2.45) is 0 Å². The van der Waals surface area contributed by atoms with Crippen molar-refractivity contribution in [1.29, 1.82) is 0 Å². The van der Waals surface area contributed by atoms with Gasteiger partial charge >= 0.3 is 5.97 Å². The molecule has 0 aliphatic carbocycles. The third kappa shape index (κ3) is 5.49. The predicted octanol–water partition coefficient (Wildman–Crippen LogP) is 5.59. The number of carbonyl (C=O) groups excluding carboxylic acids is 1. The van der Waals surface area contributed by atoms with E-state index in [1.807, 2.05) is 0 Å². The fraction of sp³-hybridized carbons (Fsp3) is 0.0909. The summed E-state index contributed by atoms with van der Waals surface area (Å²) in [6, 6.07) is 15.8. The number of amides is 1. The van der Waals surface area contributed by atoms with Crippen molar-refractivity contribution >= 4 is 40.8 Å². The number of hydrogen-bond donors (Lipinski definition) is 2. The highest BCUT2D eigenvalue weighted by atomic mass is 35.5. The Labute approximate surface area is 182 Å². The van der Waals surface area contributed by atoms with Crippen LogP contribution in [-0.2, 0) is 17.8 Å². The van der Waals surface area contributed by atoms with Crippen LogP contribution in [0, 0.1) is 5.82 Å². The molecule has 3 aromatic rings. The van der Waals surface area contributed by atoms with Gasteiger partial charge in [0.25, 0.3) is 5.91 Å². The average Bonchev–Trinajstić information content (AvgIpc) is 2.68. The van der Waals surface area contributed by atoms with Gasteiger partial charge in [-0.1, -0.05) is 47.5 Å². The first-order valence-electron chi connectivity index (χ1n) is 8.81. The third-order valence-corrected chi connectivity index (χ3v) is 4.68. The molecule has 0 saturated heterocycles. The molecule has 0 heterocycles. The summed E-state index contributed by atoms with van der Waals surface area (Å²) in [6.07, 6.45) is -0.138. The van der Waals surface area contributed by atoms with E-state index in [4.69, 9.17) is 33.0 Å². The van der Waals surface area contributed by atoms with E-state index < -0.39 is 17.7 Å². The zero-order valence-electron chi connectivity index (χ0n) is 15.5. The Bertz CT molecular complexity index is 1090. The van der Waals surface area contributed by atoms with E-state index in [0.717, 1.165) is 5.56 Å². The van der Waals surface area contributed by atoms with Crippen molar-refractivity contribution in [1.82, 2.24) is 0 Å². The zero-order valence-corrected chi connectivity index (χ0v) is 17.0. The number of carbonyl (C=O) groups is 2. The highest BCUT2D eigenvalue weighted by Gasteiger charge is 2.20. The Morgan fingerprint density at radius 2 is 1.73 bits per heavy atom. The van der Waals surface area contributed by atoms with E-state index >= 15 is 0 Å². The van der Waals surface area contributed by atoms with Crippen molar-refractivity contribution < 1.29 is 23.8 Å². The quantitative estimate of drug-likeness (QED) is 0.494. The third-order valence-electron chi connectivity index (χ3n) is 4.13. The van der Waals surface area contributed by atoms with Crippen molar-refractivity contribution in [2.45, 2.75) is 13.0 Å². The maximum atomic E-state index is 14.9. The van der Waals surface area contributed by atoms with Crippen LogP contribution in [0.4, 0.5) is 10.1 Å². The SMILES string of the molecule is O=C(O)Cc1ccc(NC(=O)c2c(Cl)ccc(OCc3cccc(Cl)c3)c2F)cc1. The largest absolute Gasteiger partial charge is 0.486 e.